The highest BCUT2D eigenvalue weighted by Crippen LogP contribution is 2.35. The van der Waals surface area contributed by atoms with E-state index in [1.807, 2.05) is 6.20 Å². The van der Waals surface area contributed by atoms with Crippen LogP contribution in [-0.2, 0) is 0 Å². The van der Waals surface area contributed by atoms with Gasteiger partial charge in [-0.3, -0.25) is 4.98 Å². The van der Waals surface area contributed by atoms with Crippen LogP contribution in [0.5, 0.6) is 0 Å². The maximum Gasteiger partial charge on any atom is 0.0440 e. The van der Waals surface area contributed by atoms with Crippen molar-refractivity contribution in [3.8, 4) is 0 Å². The van der Waals surface area contributed by atoms with E-state index >= 15 is 0 Å². The third-order valence-electron chi connectivity index (χ3n) is 3.18. The Hall–Kier alpha value is -1.37. The van der Waals surface area contributed by atoms with Gasteiger partial charge in [-0.15, -0.1) is 0 Å². The van der Waals surface area contributed by atoms with Crippen molar-refractivity contribution < 1.29 is 0 Å². The summed E-state index contributed by atoms with van der Waals surface area (Å²) in [5.74, 6) is 0.736. The molecule has 0 radical (unpaired) electrons. The predicted octanol–water partition coefficient (Wildman–Crippen LogP) is 3.50. The molecule has 1 saturated carbocycles. The van der Waals surface area contributed by atoms with Gasteiger partial charge in [-0.25, -0.2) is 0 Å². The Bertz CT molecular complexity index is 457. The van der Waals surface area contributed by atoms with Crippen molar-refractivity contribution in [1.29, 1.82) is 0 Å². The Morgan fingerprint density at radius 3 is 2.57 bits per heavy atom. The Morgan fingerprint density at radius 2 is 1.86 bits per heavy atom. The van der Waals surface area contributed by atoms with Crippen molar-refractivity contribution in [2.24, 2.45) is 0 Å². The third kappa shape index (κ3) is 1.20. The Balaban J connectivity index is 2.10. The number of hydrogen-bond donors (Lipinski definition) is 0. The third-order valence-corrected chi connectivity index (χ3v) is 3.18. The second kappa shape index (κ2) is 3.09. The lowest BCUT2D eigenvalue weighted by atomic mass is 9.82. The molecule has 1 nitrogen and oxygen atoms in total. The first kappa shape index (κ1) is 7.98. The first-order valence-corrected chi connectivity index (χ1v) is 5.28. The van der Waals surface area contributed by atoms with Crippen LogP contribution in [0.2, 0.25) is 0 Å². The Morgan fingerprint density at radius 1 is 1.07 bits per heavy atom. The highest BCUT2D eigenvalue weighted by molar-refractivity contribution is 5.81. The zero-order valence-electron chi connectivity index (χ0n) is 8.11. The normalized spacial score (nSPS) is 16.9. The van der Waals surface area contributed by atoms with Crippen LogP contribution < -0.4 is 0 Å². The topological polar surface area (TPSA) is 12.9 Å². The van der Waals surface area contributed by atoms with Gasteiger partial charge in [0.2, 0.25) is 0 Å². The van der Waals surface area contributed by atoms with E-state index in [4.69, 9.17) is 0 Å². The summed E-state index contributed by atoms with van der Waals surface area (Å²) < 4.78 is 0. The maximum atomic E-state index is 4.53. The summed E-state index contributed by atoms with van der Waals surface area (Å²) in [6, 6.07) is 10.7. The molecule has 0 unspecified atom stereocenters. The van der Waals surface area contributed by atoms with Crippen molar-refractivity contribution in [2.75, 3.05) is 0 Å². The summed E-state index contributed by atoms with van der Waals surface area (Å²) in [6.45, 7) is 0. The van der Waals surface area contributed by atoms with E-state index in [1.165, 1.54) is 35.7 Å². The van der Waals surface area contributed by atoms with Crippen molar-refractivity contribution in [3.63, 3.8) is 0 Å². The highest BCUT2D eigenvalue weighted by atomic mass is 14.7. The van der Waals surface area contributed by atoms with Crippen molar-refractivity contribution in [1.82, 2.24) is 4.98 Å². The molecule has 1 aromatic heterocycles. The number of aromatic nitrogens is 1. The number of pyridine rings is 1. The molecular weight excluding hydrogens is 170 g/mol. The van der Waals surface area contributed by atoms with E-state index in [1.54, 1.807) is 0 Å². The highest BCUT2D eigenvalue weighted by Gasteiger charge is 2.20. The molecule has 70 valence electrons. The molecule has 1 aliphatic carbocycles. The van der Waals surface area contributed by atoms with Crippen LogP contribution in [0, 0.1) is 0 Å². The fourth-order valence-corrected chi connectivity index (χ4v) is 2.03. The monoisotopic (exact) mass is 183 g/mol. The summed E-state index contributed by atoms with van der Waals surface area (Å²) >= 11 is 0. The van der Waals surface area contributed by atoms with Crippen LogP contribution in [0.25, 0.3) is 10.8 Å². The fourth-order valence-electron chi connectivity index (χ4n) is 2.03. The van der Waals surface area contributed by atoms with Crippen LogP contribution in [-0.4, -0.2) is 4.98 Å². The molecule has 0 N–H and O–H groups in total. The molecule has 14 heavy (non-hydrogen) atoms. The summed E-state index contributed by atoms with van der Waals surface area (Å²) in [5.41, 5.74) is 1.29. The van der Waals surface area contributed by atoms with E-state index in [9.17, 15) is 0 Å². The lowest BCUT2D eigenvalue weighted by molar-refractivity contribution is 0.411. The van der Waals surface area contributed by atoms with Crippen LogP contribution in [0.1, 0.15) is 30.9 Å². The minimum Gasteiger partial charge on any atom is -0.260 e. The van der Waals surface area contributed by atoms with Crippen LogP contribution >= 0.6 is 0 Å². The molecule has 0 amide bonds. The average molecular weight is 183 g/mol. The smallest absolute Gasteiger partial charge is 0.0440 e. The lowest BCUT2D eigenvalue weighted by Gasteiger charge is -2.24. The predicted molar refractivity (Wildman–Crippen MR) is 58.3 cm³/mol. The van der Waals surface area contributed by atoms with Crippen LogP contribution in [0.15, 0.2) is 36.5 Å². The SMILES string of the molecule is c1ccc2cc(C3CCC3)ncc2c1. The Kier molecular flexibility index (Phi) is 1.76. The number of benzene rings is 1. The van der Waals surface area contributed by atoms with E-state index in [0.717, 1.165) is 5.92 Å². The van der Waals surface area contributed by atoms with E-state index in [-0.39, 0.29) is 0 Å². The van der Waals surface area contributed by atoms with Crippen molar-refractivity contribution in [3.05, 3.63) is 42.2 Å². The summed E-state index contributed by atoms with van der Waals surface area (Å²) in [6.07, 6.45) is 6.03. The first-order valence-electron chi connectivity index (χ1n) is 5.28. The second-order valence-corrected chi connectivity index (χ2v) is 4.08. The van der Waals surface area contributed by atoms with Gasteiger partial charge in [-0.1, -0.05) is 30.7 Å². The minimum absolute atomic E-state index is 0.736. The first-order chi connectivity index (χ1) is 6.93. The molecule has 1 heterocycles. The van der Waals surface area contributed by atoms with Crippen LogP contribution in [0.3, 0.4) is 0 Å². The maximum absolute atomic E-state index is 4.53. The van der Waals surface area contributed by atoms with Gasteiger partial charge in [0.15, 0.2) is 0 Å². The second-order valence-electron chi connectivity index (χ2n) is 4.08. The molecule has 2 aromatic rings. The molecule has 0 spiro atoms. The van der Waals surface area contributed by atoms with Gasteiger partial charge >= 0.3 is 0 Å². The standard InChI is InChI=1S/C13H13N/c1-2-5-12-9-14-13(8-11(12)4-1)10-6-3-7-10/h1-2,4-5,8-10H,3,6-7H2. The van der Waals surface area contributed by atoms with Gasteiger partial charge in [0.1, 0.15) is 0 Å². The van der Waals surface area contributed by atoms with Crippen molar-refractivity contribution in [2.45, 2.75) is 25.2 Å². The van der Waals surface area contributed by atoms with Crippen LogP contribution in [0.4, 0.5) is 0 Å². The molecule has 1 heteroatoms. The molecular formula is C13H13N. The van der Waals surface area contributed by atoms with Crippen molar-refractivity contribution >= 4 is 10.8 Å². The molecule has 0 aliphatic heterocycles. The summed E-state index contributed by atoms with van der Waals surface area (Å²) in [4.78, 5) is 4.53. The largest absolute Gasteiger partial charge is 0.260 e. The van der Waals surface area contributed by atoms with E-state index in [2.05, 4.69) is 35.3 Å². The molecule has 0 bridgehead atoms. The molecule has 1 aromatic carbocycles. The van der Waals surface area contributed by atoms with Gasteiger partial charge in [-0.05, 0) is 24.3 Å². The van der Waals surface area contributed by atoms with Gasteiger partial charge in [0.05, 0.1) is 0 Å². The number of hydrogen-bond acceptors (Lipinski definition) is 1. The van der Waals surface area contributed by atoms with E-state index in [0.29, 0.717) is 0 Å². The van der Waals surface area contributed by atoms with Gasteiger partial charge in [0.25, 0.3) is 0 Å². The molecule has 0 atom stereocenters. The average Bonchev–Trinajstić information content (AvgIpc) is 2.15. The van der Waals surface area contributed by atoms with Gasteiger partial charge in [0, 0.05) is 23.2 Å². The lowest BCUT2D eigenvalue weighted by Crippen LogP contribution is -2.10. The fraction of sp³-hybridized carbons (Fsp3) is 0.308. The minimum atomic E-state index is 0.736. The number of fused-ring (bicyclic) bond motifs is 1. The molecule has 1 aliphatic rings. The molecule has 3 rings (SSSR count). The summed E-state index contributed by atoms with van der Waals surface area (Å²) in [5, 5.41) is 2.57. The van der Waals surface area contributed by atoms with Gasteiger partial charge in [-0.2, -0.15) is 0 Å². The Labute approximate surface area is 83.8 Å². The zero-order chi connectivity index (χ0) is 9.38. The summed E-state index contributed by atoms with van der Waals surface area (Å²) in [7, 11) is 0. The van der Waals surface area contributed by atoms with Gasteiger partial charge < -0.3 is 0 Å². The zero-order valence-corrected chi connectivity index (χ0v) is 8.11. The van der Waals surface area contributed by atoms with E-state index < -0.39 is 0 Å². The number of nitrogens with zero attached hydrogens (tertiary/aromatic N) is 1. The quantitative estimate of drug-likeness (QED) is 0.659. The number of rotatable bonds is 1. The molecule has 1 fully saturated rings. The molecule has 0 saturated heterocycles.